The summed E-state index contributed by atoms with van der Waals surface area (Å²) in [7, 11) is 0. The summed E-state index contributed by atoms with van der Waals surface area (Å²) in [6.45, 7) is -0.391. The number of carbonyl (C=O) groups excluding carboxylic acids is 2. The molecule has 9 heteroatoms. The average molecular weight is 426 g/mol. The van der Waals surface area contributed by atoms with Crippen LogP contribution in [0.1, 0.15) is 10.4 Å². The number of nitrogens with one attached hydrogen (secondary N) is 2. The molecule has 0 saturated carbocycles. The number of para-hydroxylation sites is 2. The number of halogens is 1. The maximum atomic E-state index is 12.2. The molecule has 2 amide bonds. The lowest BCUT2D eigenvalue weighted by molar-refractivity contribution is -0.385. The minimum absolute atomic E-state index is 0.0109. The summed E-state index contributed by atoms with van der Waals surface area (Å²) in [5, 5.41) is 16.8. The zero-order chi connectivity index (χ0) is 21.5. The first-order valence-corrected chi connectivity index (χ1v) is 9.13. The Balaban J connectivity index is 1.55. The van der Waals surface area contributed by atoms with Gasteiger partial charge in [0.25, 0.3) is 11.8 Å². The first-order valence-electron chi connectivity index (χ1n) is 8.75. The largest absolute Gasteiger partial charge is 0.477 e. The Hall–Kier alpha value is -3.91. The molecule has 0 aliphatic carbocycles. The smallest absolute Gasteiger partial charge is 0.310 e. The van der Waals surface area contributed by atoms with Crippen LogP contribution in [0.3, 0.4) is 0 Å². The van der Waals surface area contributed by atoms with E-state index in [1.165, 1.54) is 18.2 Å². The monoisotopic (exact) mass is 425 g/mol. The van der Waals surface area contributed by atoms with Gasteiger partial charge in [0.1, 0.15) is 0 Å². The fourth-order valence-electron chi connectivity index (χ4n) is 2.54. The maximum Gasteiger partial charge on any atom is 0.310 e. The number of amides is 2. The Labute approximate surface area is 176 Å². The molecule has 2 N–H and O–H groups in total. The van der Waals surface area contributed by atoms with Crippen LogP contribution in [0.25, 0.3) is 0 Å². The molecule has 0 radical (unpaired) electrons. The fraction of sp³-hybridized carbons (Fsp3) is 0.0476. The molecule has 3 aromatic carbocycles. The van der Waals surface area contributed by atoms with Gasteiger partial charge >= 0.3 is 5.69 Å². The minimum atomic E-state index is -0.580. The van der Waals surface area contributed by atoms with Crippen molar-refractivity contribution in [2.75, 3.05) is 17.2 Å². The van der Waals surface area contributed by atoms with Crippen LogP contribution in [0.4, 0.5) is 17.1 Å². The van der Waals surface area contributed by atoms with E-state index in [9.17, 15) is 19.7 Å². The van der Waals surface area contributed by atoms with Crippen LogP contribution in [-0.4, -0.2) is 23.3 Å². The van der Waals surface area contributed by atoms with E-state index in [2.05, 4.69) is 10.6 Å². The first-order chi connectivity index (χ1) is 14.4. The molecular weight excluding hydrogens is 410 g/mol. The first kappa shape index (κ1) is 20.8. The van der Waals surface area contributed by atoms with Crippen LogP contribution >= 0.6 is 11.6 Å². The van der Waals surface area contributed by atoms with Gasteiger partial charge in [-0.1, -0.05) is 29.8 Å². The molecule has 0 saturated heterocycles. The number of carbonyl (C=O) groups is 2. The highest BCUT2D eigenvalue weighted by atomic mass is 35.5. The number of anilines is 2. The van der Waals surface area contributed by atoms with Crippen LogP contribution in [0.2, 0.25) is 5.02 Å². The highest BCUT2D eigenvalue weighted by Crippen LogP contribution is 2.25. The molecular formula is C21H16ClN3O5. The van der Waals surface area contributed by atoms with Gasteiger partial charge in [0.15, 0.2) is 12.4 Å². The third-order valence-corrected chi connectivity index (χ3v) is 4.17. The van der Waals surface area contributed by atoms with E-state index < -0.39 is 17.4 Å². The molecule has 3 rings (SSSR count). The van der Waals surface area contributed by atoms with E-state index in [1.54, 1.807) is 54.6 Å². The number of rotatable bonds is 7. The van der Waals surface area contributed by atoms with Gasteiger partial charge in [-0.3, -0.25) is 19.7 Å². The highest BCUT2D eigenvalue weighted by Gasteiger charge is 2.15. The van der Waals surface area contributed by atoms with Crippen molar-refractivity contribution in [1.29, 1.82) is 0 Å². The average Bonchev–Trinajstić information content (AvgIpc) is 2.74. The van der Waals surface area contributed by atoms with Gasteiger partial charge in [0.05, 0.1) is 4.92 Å². The van der Waals surface area contributed by atoms with Crippen molar-refractivity contribution in [3.05, 3.63) is 93.5 Å². The number of hydrogen-bond acceptors (Lipinski definition) is 5. The van der Waals surface area contributed by atoms with E-state index in [0.717, 1.165) is 0 Å². The van der Waals surface area contributed by atoms with Crippen molar-refractivity contribution >= 4 is 40.5 Å². The van der Waals surface area contributed by atoms with Crippen LogP contribution in [0.5, 0.6) is 5.75 Å². The molecule has 8 nitrogen and oxygen atoms in total. The molecule has 0 atom stereocenters. The number of hydrogen-bond donors (Lipinski definition) is 2. The van der Waals surface area contributed by atoms with Gasteiger partial charge in [-0.05, 0) is 48.5 Å². The van der Waals surface area contributed by atoms with Gasteiger partial charge in [-0.2, -0.15) is 0 Å². The summed E-state index contributed by atoms with van der Waals surface area (Å²) in [5.74, 6) is -0.785. The van der Waals surface area contributed by atoms with Crippen LogP contribution < -0.4 is 15.4 Å². The maximum absolute atomic E-state index is 12.2. The number of nitro groups is 1. The summed E-state index contributed by atoms with van der Waals surface area (Å²) in [5.41, 5.74) is 1.22. The Morgan fingerprint density at radius 3 is 2.27 bits per heavy atom. The molecule has 0 spiro atoms. The van der Waals surface area contributed by atoms with Gasteiger partial charge < -0.3 is 15.4 Å². The van der Waals surface area contributed by atoms with E-state index in [4.69, 9.17) is 16.3 Å². The molecule has 0 heterocycles. The third-order valence-electron chi connectivity index (χ3n) is 3.93. The summed E-state index contributed by atoms with van der Waals surface area (Å²) < 4.78 is 5.25. The number of benzene rings is 3. The summed E-state index contributed by atoms with van der Waals surface area (Å²) in [6.07, 6.45) is 0. The second-order valence-corrected chi connectivity index (χ2v) is 6.54. The van der Waals surface area contributed by atoms with E-state index in [0.29, 0.717) is 22.0 Å². The summed E-state index contributed by atoms with van der Waals surface area (Å²) in [6, 6.07) is 18.8. The number of nitro benzene ring substituents is 1. The predicted molar refractivity (Wildman–Crippen MR) is 113 cm³/mol. The Morgan fingerprint density at radius 1 is 0.933 bits per heavy atom. The van der Waals surface area contributed by atoms with Crippen molar-refractivity contribution < 1.29 is 19.2 Å². The fourth-order valence-corrected chi connectivity index (χ4v) is 2.73. The molecule has 0 unspecified atom stereocenters. The molecule has 3 aromatic rings. The van der Waals surface area contributed by atoms with Crippen molar-refractivity contribution in [3.8, 4) is 5.75 Å². The van der Waals surface area contributed by atoms with Crippen molar-refractivity contribution in [2.45, 2.75) is 0 Å². The van der Waals surface area contributed by atoms with Crippen molar-refractivity contribution in [2.24, 2.45) is 0 Å². The normalized spacial score (nSPS) is 10.2. The summed E-state index contributed by atoms with van der Waals surface area (Å²) >= 11 is 5.89. The van der Waals surface area contributed by atoms with E-state index in [-0.39, 0.29) is 17.3 Å². The molecule has 30 heavy (non-hydrogen) atoms. The van der Waals surface area contributed by atoms with Gasteiger partial charge in [-0.15, -0.1) is 0 Å². The molecule has 0 fully saturated rings. The van der Waals surface area contributed by atoms with Crippen molar-refractivity contribution in [3.63, 3.8) is 0 Å². The lowest BCUT2D eigenvalue weighted by atomic mass is 10.2. The number of nitrogens with zero attached hydrogens (tertiary/aromatic N) is 1. The molecule has 0 aliphatic heterocycles. The van der Waals surface area contributed by atoms with Crippen LogP contribution in [0, 0.1) is 10.1 Å². The van der Waals surface area contributed by atoms with E-state index >= 15 is 0 Å². The summed E-state index contributed by atoms with van der Waals surface area (Å²) in [4.78, 5) is 34.7. The topological polar surface area (TPSA) is 111 Å². The van der Waals surface area contributed by atoms with Crippen molar-refractivity contribution in [1.82, 2.24) is 0 Å². The SMILES string of the molecule is O=C(COc1ccccc1[N+](=O)[O-])Nc1ccc(NC(=O)c2cccc(Cl)c2)cc1. The second-order valence-electron chi connectivity index (χ2n) is 6.10. The van der Waals surface area contributed by atoms with E-state index in [1.807, 2.05) is 0 Å². The minimum Gasteiger partial charge on any atom is -0.477 e. The molecule has 0 bridgehead atoms. The number of ether oxygens (including phenoxy) is 1. The third kappa shape index (κ3) is 5.55. The molecule has 0 aliphatic rings. The lowest BCUT2D eigenvalue weighted by Crippen LogP contribution is -2.20. The Morgan fingerprint density at radius 2 is 1.60 bits per heavy atom. The molecule has 152 valence electrons. The molecule has 0 aromatic heterocycles. The second kappa shape index (κ2) is 9.53. The standard InChI is InChI=1S/C21H16ClN3O5/c22-15-5-3-4-14(12-15)21(27)24-17-10-8-16(9-11-17)23-20(26)13-30-19-7-2-1-6-18(19)25(28)29/h1-12H,13H2,(H,23,26)(H,24,27). The van der Waals surface area contributed by atoms with Gasteiger partial charge in [0.2, 0.25) is 0 Å². The Kier molecular flexibility index (Phi) is 6.61. The van der Waals surface area contributed by atoms with Gasteiger partial charge in [-0.25, -0.2) is 0 Å². The predicted octanol–water partition coefficient (Wildman–Crippen LogP) is 4.52. The zero-order valence-corrected chi connectivity index (χ0v) is 16.3. The zero-order valence-electron chi connectivity index (χ0n) is 15.5. The lowest BCUT2D eigenvalue weighted by Gasteiger charge is -2.09. The quantitative estimate of drug-likeness (QED) is 0.427. The highest BCUT2D eigenvalue weighted by molar-refractivity contribution is 6.31. The van der Waals surface area contributed by atoms with Gasteiger partial charge in [0, 0.05) is 28.0 Å². The van der Waals surface area contributed by atoms with Crippen LogP contribution in [-0.2, 0) is 4.79 Å². The van der Waals surface area contributed by atoms with Crippen LogP contribution in [0.15, 0.2) is 72.8 Å². The Bertz CT molecular complexity index is 1090.